The van der Waals surface area contributed by atoms with Gasteiger partial charge in [0.2, 0.25) is 5.13 Å². The molecule has 1 aliphatic rings. The Kier molecular flexibility index (Phi) is 4.54. The Hall–Kier alpha value is -0.680. The highest BCUT2D eigenvalue weighted by Gasteiger charge is 2.09. The maximum Gasteiger partial charge on any atom is 0.202 e. The van der Waals surface area contributed by atoms with Crippen molar-refractivity contribution in [3.63, 3.8) is 0 Å². The Balaban J connectivity index is 1.66. The summed E-state index contributed by atoms with van der Waals surface area (Å²) in [5, 5.41) is 4.32. The molecule has 1 fully saturated rings. The first-order valence-corrected chi connectivity index (χ1v) is 6.94. The molecule has 0 unspecified atom stereocenters. The molecule has 16 heavy (non-hydrogen) atoms. The van der Waals surface area contributed by atoms with Crippen molar-refractivity contribution in [2.24, 2.45) is 0 Å². The molecule has 5 heteroatoms. The topological polar surface area (TPSA) is 41.1 Å². The van der Waals surface area contributed by atoms with E-state index in [0.717, 1.165) is 30.5 Å². The van der Waals surface area contributed by atoms with Gasteiger partial charge in [-0.15, -0.1) is 0 Å². The summed E-state index contributed by atoms with van der Waals surface area (Å²) in [6.45, 7) is 6.72. The van der Waals surface area contributed by atoms with Crippen LogP contribution in [0.5, 0.6) is 0 Å². The summed E-state index contributed by atoms with van der Waals surface area (Å²) < 4.78 is 4.25. The summed E-state index contributed by atoms with van der Waals surface area (Å²) in [6, 6.07) is 0. The fraction of sp³-hybridized carbons (Fsp3) is 0.818. The molecule has 2 heterocycles. The van der Waals surface area contributed by atoms with Gasteiger partial charge in [0.15, 0.2) is 0 Å². The molecule has 0 atom stereocenters. The van der Waals surface area contributed by atoms with Crippen LogP contribution in [0, 0.1) is 0 Å². The minimum atomic E-state index is 0.921. The molecular formula is C11H20N4S. The second kappa shape index (κ2) is 6.15. The van der Waals surface area contributed by atoms with Gasteiger partial charge in [0.25, 0.3) is 0 Å². The molecule has 0 bridgehead atoms. The van der Waals surface area contributed by atoms with Crippen LogP contribution in [0.15, 0.2) is 0 Å². The predicted molar refractivity (Wildman–Crippen MR) is 68.1 cm³/mol. The number of piperidine rings is 1. The molecule has 0 radical (unpaired) electrons. The van der Waals surface area contributed by atoms with Gasteiger partial charge in [-0.1, -0.05) is 13.3 Å². The van der Waals surface area contributed by atoms with E-state index in [-0.39, 0.29) is 0 Å². The highest BCUT2D eigenvalue weighted by Crippen LogP contribution is 2.11. The summed E-state index contributed by atoms with van der Waals surface area (Å²) in [5.41, 5.74) is 0. The van der Waals surface area contributed by atoms with Gasteiger partial charge in [-0.25, -0.2) is 4.98 Å². The Morgan fingerprint density at radius 2 is 2.12 bits per heavy atom. The van der Waals surface area contributed by atoms with Crippen LogP contribution in [-0.2, 0) is 6.42 Å². The lowest BCUT2D eigenvalue weighted by atomic mass is 10.1. The Morgan fingerprint density at radius 1 is 1.31 bits per heavy atom. The van der Waals surface area contributed by atoms with Gasteiger partial charge < -0.3 is 10.2 Å². The van der Waals surface area contributed by atoms with Crippen molar-refractivity contribution >= 4 is 16.7 Å². The third-order valence-electron chi connectivity index (χ3n) is 2.94. The predicted octanol–water partition coefficient (Wildman–Crippen LogP) is 2.00. The Bertz CT molecular complexity index is 307. The van der Waals surface area contributed by atoms with Crippen molar-refractivity contribution in [3.8, 4) is 0 Å². The zero-order valence-electron chi connectivity index (χ0n) is 9.91. The van der Waals surface area contributed by atoms with Crippen molar-refractivity contribution in [3.05, 3.63) is 5.82 Å². The fourth-order valence-corrected chi connectivity index (χ4v) is 2.65. The number of rotatable bonds is 5. The first-order chi connectivity index (χ1) is 7.88. The van der Waals surface area contributed by atoms with Crippen molar-refractivity contribution in [2.75, 3.05) is 31.5 Å². The van der Waals surface area contributed by atoms with Crippen molar-refractivity contribution in [1.82, 2.24) is 14.3 Å². The standard InChI is InChI=1S/C11H20N4S/c1-2-10-13-11(16-14-10)12-6-9-15-7-4-3-5-8-15/h2-9H2,1H3,(H,12,13,14). The maximum atomic E-state index is 4.39. The molecule has 1 aromatic heterocycles. The van der Waals surface area contributed by atoms with Crippen LogP contribution in [0.4, 0.5) is 5.13 Å². The van der Waals surface area contributed by atoms with Crippen LogP contribution in [0.2, 0.25) is 0 Å². The summed E-state index contributed by atoms with van der Waals surface area (Å²) in [4.78, 5) is 6.92. The zero-order valence-corrected chi connectivity index (χ0v) is 10.7. The molecule has 1 aliphatic heterocycles. The van der Waals surface area contributed by atoms with Crippen LogP contribution >= 0.6 is 11.5 Å². The molecule has 1 saturated heterocycles. The molecule has 0 aliphatic carbocycles. The molecule has 0 amide bonds. The molecule has 0 saturated carbocycles. The number of aryl methyl sites for hydroxylation is 1. The number of anilines is 1. The summed E-state index contributed by atoms with van der Waals surface area (Å²) >= 11 is 1.47. The average molecular weight is 240 g/mol. The smallest absolute Gasteiger partial charge is 0.202 e. The van der Waals surface area contributed by atoms with Crippen molar-refractivity contribution in [1.29, 1.82) is 0 Å². The van der Waals surface area contributed by atoms with Crippen LogP contribution in [0.25, 0.3) is 0 Å². The fourth-order valence-electron chi connectivity index (χ4n) is 1.97. The van der Waals surface area contributed by atoms with Gasteiger partial charge in [-0.3, -0.25) is 0 Å². The van der Waals surface area contributed by atoms with Crippen molar-refractivity contribution in [2.45, 2.75) is 32.6 Å². The number of nitrogens with one attached hydrogen (secondary N) is 1. The largest absolute Gasteiger partial charge is 0.359 e. The van der Waals surface area contributed by atoms with Crippen LogP contribution in [-0.4, -0.2) is 40.4 Å². The second-order valence-corrected chi connectivity index (χ2v) is 4.95. The molecule has 1 N–H and O–H groups in total. The molecule has 4 nitrogen and oxygen atoms in total. The van der Waals surface area contributed by atoms with E-state index in [9.17, 15) is 0 Å². The van der Waals surface area contributed by atoms with Gasteiger partial charge in [-0.2, -0.15) is 4.37 Å². The Morgan fingerprint density at radius 3 is 2.81 bits per heavy atom. The van der Waals surface area contributed by atoms with E-state index >= 15 is 0 Å². The van der Waals surface area contributed by atoms with Crippen molar-refractivity contribution < 1.29 is 0 Å². The number of nitrogens with zero attached hydrogens (tertiary/aromatic N) is 3. The number of hydrogen-bond acceptors (Lipinski definition) is 5. The minimum Gasteiger partial charge on any atom is -0.359 e. The average Bonchev–Trinajstić information content (AvgIpc) is 2.78. The highest BCUT2D eigenvalue weighted by molar-refractivity contribution is 7.09. The first-order valence-electron chi connectivity index (χ1n) is 6.17. The van der Waals surface area contributed by atoms with E-state index in [1.54, 1.807) is 0 Å². The third-order valence-corrected chi connectivity index (χ3v) is 3.65. The van der Waals surface area contributed by atoms with Gasteiger partial charge in [0.05, 0.1) is 0 Å². The van der Waals surface area contributed by atoms with E-state index in [0.29, 0.717) is 0 Å². The minimum absolute atomic E-state index is 0.921. The Labute approximate surface area is 101 Å². The van der Waals surface area contributed by atoms with Crippen LogP contribution < -0.4 is 5.32 Å². The van der Waals surface area contributed by atoms with Crippen LogP contribution in [0.3, 0.4) is 0 Å². The highest BCUT2D eigenvalue weighted by atomic mass is 32.1. The molecule has 0 spiro atoms. The lowest BCUT2D eigenvalue weighted by Gasteiger charge is -2.26. The summed E-state index contributed by atoms with van der Waals surface area (Å²) in [5.74, 6) is 0.950. The summed E-state index contributed by atoms with van der Waals surface area (Å²) in [6.07, 6.45) is 5.04. The normalized spacial score (nSPS) is 17.6. The van der Waals surface area contributed by atoms with Gasteiger partial charge in [0.1, 0.15) is 5.82 Å². The number of likely N-dealkylation sites (tertiary alicyclic amines) is 1. The molecule has 1 aromatic rings. The van der Waals surface area contributed by atoms with E-state index in [4.69, 9.17) is 0 Å². The first kappa shape index (κ1) is 11.8. The lowest BCUT2D eigenvalue weighted by Crippen LogP contribution is -2.33. The molecule has 2 rings (SSSR count). The number of aromatic nitrogens is 2. The molecule has 90 valence electrons. The quantitative estimate of drug-likeness (QED) is 0.854. The van der Waals surface area contributed by atoms with E-state index in [1.807, 2.05) is 0 Å². The number of hydrogen-bond donors (Lipinski definition) is 1. The lowest BCUT2D eigenvalue weighted by molar-refractivity contribution is 0.237. The SMILES string of the molecule is CCc1nsc(NCCN2CCCCC2)n1. The van der Waals surface area contributed by atoms with E-state index in [1.165, 1.54) is 43.9 Å². The maximum absolute atomic E-state index is 4.39. The van der Waals surface area contributed by atoms with E-state index < -0.39 is 0 Å². The van der Waals surface area contributed by atoms with Gasteiger partial charge in [-0.05, 0) is 25.9 Å². The zero-order chi connectivity index (χ0) is 11.2. The molecule has 0 aromatic carbocycles. The van der Waals surface area contributed by atoms with Gasteiger partial charge >= 0.3 is 0 Å². The van der Waals surface area contributed by atoms with Crippen LogP contribution in [0.1, 0.15) is 32.0 Å². The second-order valence-electron chi connectivity index (χ2n) is 4.20. The third kappa shape index (κ3) is 3.42. The summed E-state index contributed by atoms with van der Waals surface area (Å²) in [7, 11) is 0. The monoisotopic (exact) mass is 240 g/mol. The van der Waals surface area contributed by atoms with Gasteiger partial charge in [0, 0.05) is 31.0 Å². The van der Waals surface area contributed by atoms with E-state index in [2.05, 4.69) is 26.5 Å². The molecular weight excluding hydrogens is 220 g/mol.